The summed E-state index contributed by atoms with van der Waals surface area (Å²) >= 11 is 0. The number of para-hydroxylation sites is 1. The van der Waals surface area contributed by atoms with E-state index in [0.29, 0.717) is 41.4 Å². The van der Waals surface area contributed by atoms with E-state index in [9.17, 15) is 9.59 Å². The Morgan fingerprint density at radius 2 is 1.80 bits per heavy atom. The fourth-order valence-electron chi connectivity index (χ4n) is 4.85. The lowest BCUT2D eigenvalue weighted by Crippen LogP contribution is -2.64. The number of nitrogens with two attached hydrogens (primary N) is 1. The van der Waals surface area contributed by atoms with Crippen LogP contribution in [-0.2, 0) is 16.1 Å². The number of benzene rings is 2. The predicted octanol–water partition coefficient (Wildman–Crippen LogP) is 4.02. The summed E-state index contributed by atoms with van der Waals surface area (Å²) < 4.78 is 11.9. The van der Waals surface area contributed by atoms with E-state index < -0.39 is 23.1 Å². The Balaban J connectivity index is 1.55. The van der Waals surface area contributed by atoms with E-state index in [1.54, 1.807) is 39.0 Å². The molecule has 5 N–H and O–H groups in total. The van der Waals surface area contributed by atoms with Crippen LogP contribution < -0.4 is 26.0 Å². The van der Waals surface area contributed by atoms with E-state index in [2.05, 4.69) is 30.6 Å². The van der Waals surface area contributed by atoms with Gasteiger partial charge in [0.05, 0.1) is 12.0 Å². The zero-order valence-corrected chi connectivity index (χ0v) is 23.3. The average molecular weight is 559 g/mol. The molecule has 1 fully saturated rings. The Labute approximate surface area is 237 Å². The molecule has 1 aliphatic rings. The molecule has 0 atom stereocenters. The van der Waals surface area contributed by atoms with Crippen LogP contribution in [0.3, 0.4) is 0 Å². The van der Waals surface area contributed by atoms with Crippen LogP contribution >= 0.6 is 0 Å². The van der Waals surface area contributed by atoms with Gasteiger partial charge < -0.3 is 30.8 Å². The minimum Gasteiger partial charge on any atom is -0.487 e. The summed E-state index contributed by atoms with van der Waals surface area (Å²) in [6.45, 7) is 6.54. The van der Waals surface area contributed by atoms with Crippen molar-refractivity contribution in [1.29, 1.82) is 0 Å². The van der Waals surface area contributed by atoms with Crippen LogP contribution in [0.25, 0.3) is 11.2 Å². The fourth-order valence-corrected chi connectivity index (χ4v) is 4.85. The van der Waals surface area contributed by atoms with E-state index in [4.69, 9.17) is 15.2 Å². The van der Waals surface area contributed by atoms with E-state index in [0.717, 1.165) is 5.56 Å². The smallest absolute Gasteiger partial charge is 0.417 e. The molecule has 2 aromatic heterocycles. The number of imidazole rings is 1. The van der Waals surface area contributed by atoms with Gasteiger partial charge in [-0.25, -0.2) is 24.6 Å². The van der Waals surface area contributed by atoms with Crippen molar-refractivity contribution in [2.24, 2.45) is 0 Å². The SMILES string of the molecule is CC(C)(C)OC(=O)N(c1ncnc2nc[nH]c12)C1(C(=O)Nc2c(N)cccc2OCc2ccccc2)CCNCC1. The second kappa shape index (κ2) is 11.4. The Bertz CT molecular complexity index is 1530. The quantitative estimate of drug-likeness (QED) is 0.246. The molecule has 1 saturated heterocycles. The molecule has 12 nitrogen and oxygen atoms in total. The second-order valence-corrected chi connectivity index (χ2v) is 10.8. The molecular weight excluding hydrogens is 524 g/mol. The Morgan fingerprint density at radius 1 is 1.05 bits per heavy atom. The van der Waals surface area contributed by atoms with Crippen LogP contribution in [0.5, 0.6) is 5.75 Å². The number of H-pyrrole nitrogens is 1. The fraction of sp³-hybridized carbons (Fsp3) is 0.345. The number of piperidine rings is 1. The number of anilines is 3. The number of amides is 2. The first kappa shape index (κ1) is 27.8. The number of aromatic nitrogens is 4. The molecule has 0 radical (unpaired) electrons. The Morgan fingerprint density at radius 3 is 2.54 bits per heavy atom. The first-order valence-electron chi connectivity index (χ1n) is 13.4. The largest absolute Gasteiger partial charge is 0.487 e. The minimum absolute atomic E-state index is 0.195. The van der Waals surface area contributed by atoms with Crippen molar-refractivity contribution in [2.45, 2.75) is 51.4 Å². The first-order chi connectivity index (χ1) is 19.7. The highest BCUT2D eigenvalue weighted by Crippen LogP contribution is 2.38. The summed E-state index contributed by atoms with van der Waals surface area (Å²) in [5.74, 6) is 0.159. The summed E-state index contributed by atoms with van der Waals surface area (Å²) in [5, 5.41) is 6.28. The van der Waals surface area contributed by atoms with Crippen LogP contribution in [0, 0.1) is 0 Å². The van der Waals surface area contributed by atoms with Crippen LogP contribution in [0.4, 0.5) is 22.0 Å². The highest BCUT2D eigenvalue weighted by Gasteiger charge is 2.51. The molecule has 214 valence electrons. The number of nitrogens with one attached hydrogen (secondary N) is 3. The summed E-state index contributed by atoms with van der Waals surface area (Å²) in [6, 6.07) is 14.9. The van der Waals surface area contributed by atoms with Crippen molar-refractivity contribution < 1.29 is 19.1 Å². The van der Waals surface area contributed by atoms with Gasteiger partial charge in [-0.2, -0.15) is 0 Å². The van der Waals surface area contributed by atoms with Gasteiger partial charge in [0.15, 0.2) is 11.5 Å². The highest BCUT2D eigenvalue weighted by molar-refractivity contribution is 6.09. The van der Waals surface area contributed by atoms with Crippen molar-refractivity contribution in [1.82, 2.24) is 25.3 Å². The number of hydrogen-bond donors (Lipinski definition) is 4. The lowest BCUT2D eigenvalue weighted by molar-refractivity contribution is -0.122. The van der Waals surface area contributed by atoms with Crippen LogP contribution in [0.2, 0.25) is 0 Å². The first-order valence-corrected chi connectivity index (χ1v) is 13.4. The van der Waals surface area contributed by atoms with Crippen LogP contribution in [-0.4, -0.2) is 56.2 Å². The van der Waals surface area contributed by atoms with Gasteiger partial charge in [-0.3, -0.25) is 4.79 Å². The maximum absolute atomic E-state index is 14.5. The van der Waals surface area contributed by atoms with Crippen molar-refractivity contribution in [3.05, 3.63) is 66.7 Å². The maximum atomic E-state index is 14.5. The third kappa shape index (κ3) is 5.92. The van der Waals surface area contributed by atoms with Gasteiger partial charge in [0.25, 0.3) is 5.91 Å². The Kier molecular flexibility index (Phi) is 7.75. The van der Waals surface area contributed by atoms with Gasteiger partial charge in [-0.1, -0.05) is 36.4 Å². The minimum atomic E-state index is -1.39. The van der Waals surface area contributed by atoms with E-state index in [-0.39, 0.29) is 25.3 Å². The van der Waals surface area contributed by atoms with Crippen molar-refractivity contribution in [2.75, 3.05) is 29.0 Å². The molecule has 2 amide bonds. The predicted molar refractivity (Wildman–Crippen MR) is 155 cm³/mol. The van der Waals surface area contributed by atoms with Crippen molar-refractivity contribution in [3.63, 3.8) is 0 Å². The molecule has 0 saturated carbocycles. The zero-order chi connectivity index (χ0) is 29.0. The van der Waals surface area contributed by atoms with Gasteiger partial charge >= 0.3 is 6.09 Å². The van der Waals surface area contributed by atoms with Crippen LogP contribution in [0.1, 0.15) is 39.2 Å². The number of carbonyl (C=O) groups is 2. The number of nitrogen functional groups attached to an aromatic ring is 1. The third-order valence-corrected chi connectivity index (χ3v) is 6.81. The normalized spacial score (nSPS) is 14.8. The molecule has 0 unspecified atom stereocenters. The van der Waals surface area contributed by atoms with Gasteiger partial charge in [0.2, 0.25) is 0 Å². The average Bonchev–Trinajstić information content (AvgIpc) is 3.43. The third-order valence-electron chi connectivity index (χ3n) is 6.81. The highest BCUT2D eigenvalue weighted by atomic mass is 16.6. The number of rotatable bonds is 7. The molecular formula is C29H34N8O4. The summed E-state index contributed by atoms with van der Waals surface area (Å²) in [6.07, 6.45) is 2.63. The number of hydrogen-bond acceptors (Lipinski definition) is 9. The van der Waals surface area contributed by atoms with Gasteiger partial charge in [-0.05, 0) is 64.4 Å². The number of aromatic amines is 1. The topological polar surface area (TPSA) is 160 Å². The van der Waals surface area contributed by atoms with E-state index in [1.807, 2.05) is 30.3 Å². The molecule has 0 spiro atoms. The Hall–Kier alpha value is -4.71. The molecule has 41 heavy (non-hydrogen) atoms. The standard InChI is InChI=1S/C29H34N8O4/c1-28(2,3)41-27(39)37(25-23-24(33-17-32-23)34-18-35-25)29(12-14-31-15-13-29)26(38)36-22-20(30)10-7-11-21(22)40-16-19-8-5-4-6-9-19/h4-11,17-18,31H,12-16,30H2,1-3H3,(H,36,38)(H,32,33,34,35). The summed E-state index contributed by atoms with van der Waals surface area (Å²) in [5.41, 5.74) is 6.52. The molecule has 12 heteroatoms. The van der Waals surface area contributed by atoms with Crippen molar-refractivity contribution >= 4 is 40.4 Å². The summed E-state index contributed by atoms with van der Waals surface area (Å²) in [7, 11) is 0. The van der Waals surface area contributed by atoms with E-state index >= 15 is 0 Å². The number of ether oxygens (including phenoxy) is 2. The monoisotopic (exact) mass is 558 g/mol. The van der Waals surface area contributed by atoms with Crippen LogP contribution in [0.15, 0.2) is 61.2 Å². The molecule has 5 rings (SSSR count). The maximum Gasteiger partial charge on any atom is 0.417 e. The molecule has 0 aliphatic carbocycles. The van der Waals surface area contributed by atoms with Gasteiger partial charge in [-0.15, -0.1) is 0 Å². The number of carbonyl (C=O) groups excluding carboxylic acids is 2. The lowest BCUT2D eigenvalue weighted by atomic mass is 9.85. The molecule has 4 aromatic rings. The molecule has 1 aliphatic heterocycles. The van der Waals surface area contributed by atoms with E-state index in [1.165, 1.54) is 17.6 Å². The number of nitrogens with zero attached hydrogens (tertiary/aromatic N) is 4. The molecule has 0 bridgehead atoms. The van der Waals surface area contributed by atoms with Gasteiger partial charge in [0.1, 0.15) is 41.0 Å². The molecule has 2 aromatic carbocycles. The van der Waals surface area contributed by atoms with Crippen molar-refractivity contribution in [3.8, 4) is 5.75 Å². The second-order valence-electron chi connectivity index (χ2n) is 10.8. The number of fused-ring (bicyclic) bond motifs is 1. The van der Waals surface area contributed by atoms with Gasteiger partial charge in [0, 0.05) is 0 Å². The zero-order valence-electron chi connectivity index (χ0n) is 23.3. The molecule has 3 heterocycles. The lowest BCUT2D eigenvalue weighted by Gasteiger charge is -2.44. The summed E-state index contributed by atoms with van der Waals surface area (Å²) in [4.78, 5) is 45.6.